The van der Waals surface area contributed by atoms with Crippen molar-refractivity contribution >= 4 is 5.82 Å². The Morgan fingerprint density at radius 2 is 2.56 bits per heavy atom. The van der Waals surface area contributed by atoms with Crippen LogP contribution in [0.25, 0.3) is 0 Å². The van der Waals surface area contributed by atoms with E-state index >= 15 is 0 Å². The maximum atomic E-state index is 9.91. The van der Waals surface area contributed by atoms with Gasteiger partial charge >= 0.3 is 0 Å². The van der Waals surface area contributed by atoms with Gasteiger partial charge in [-0.25, -0.2) is 0 Å². The standard InChI is InChI=1S/C3H4N4O2/c4-3-1-2-5-6(3)7(8)9/h1-2H,4H2. The Balaban J connectivity index is 3.08. The predicted molar refractivity (Wildman–Crippen MR) is 29.0 cm³/mol. The van der Waals surface area contributed by atoms with Crippen molar-refractivity contribution in [3.05, 3.63) is 22.4 Å². The maximum Gasteiger partial charge on any atom is 0.196 e. The molecule has 0 amide bonds. The number of hydrogen-bond donors (Lipinski definition) is 1. The third-order valence-electron chi connectivity index (χ3n) is 0.807. The van der Waals surface area contributed by atoms with E-state index in [9.17, 15) is 10.1 Å². The van der Waals surface area contributed by atoms with Gasteiger partial charge in [0.25, 0.3) is 0 Å². The molecule has 0 saturated heterocycles. The molecule has 9 heavy (non-hydrogen) atoms. The molecule has 0 saturated carbocycles. The molecule has 6 nitrogen and oxygen atoms in total. The molecule has 0 atom stereocenters. The van der Waals surface area contributed by atoms with Crippen molar-refractivity contribution in [2.45, 2.75) is 0 Å². The molecule has 2 N–H and O–H groups in total. The summed E-state index contributed by atoms with van der Waals surface area (Å²) in [5, 5.41) is 12.5. The van der Waals surface area contributed by atoms with Gasteiger partial charge in [0.1, 0.15) is 0 Å². The van der Waals surface area contributed by atoms with Crippen LogP contribution in [0.15, 0.2) is 12.3 Å². The lowest BCUT2D eigenvalue weighted by Gasteiger charge is -1.90. The topological polar surface area (TPSA) is 87.0 Å². The van der Waals surface area contributed by atoms with E-state index in [4.69, 9.17) is 5.73 Å². The van der Waals surface area contributed by atoms with Gasteiger partial charge in [-0.1, -0.05) is 0 Å². The number of aromatic nitrogens is 2. The van der Waals surface area contributed by atoms with Crippen LogP contribution in [0.4, 0.5) is 5.82 Å². The van der Waals surface area contributed by atoms with Gasteiger partial charge in [-0.15, -0.1) is 0 Å². The van der Waals surface area contributed by atoms with Crippen LogP contribution < -0.4 is 5.73 Å². The van der Waals surface area contributed by atoms with Crippen molar-refractivity contribution in [3.63, 3.8) is 0 Å². The Hall–Kier alpha value is -1.59. The van der Waals surface area contributed by atoms with E-state index < -0.39 is 5.03 Å². The molecule has 0 radical (unpaired) electrons. The van der Waals surface area contributed by atoms with Gasteiger partial charge in [0, 0.05) is 16.0 Å². The van der Waals surface area contributed by atoms with Crippen LogP contribution >= 0.6 is 0 Å². The first-order chi connectivity index (χ1) is 4.22. The maximum absolute atomic E-state index is 9.91. The zero-order valence-electron chi connectivity index (χ0n) is 4.39. The molecule has 1 aromatic rings. The van der Waals surface area contributed by atoms with Gasteiger partial charge in [-0.3, -0.25) is 0 Å². The van der Waals surface area contributed by atoms with Crippen LogP contribution in [0.5, 0.6) is 0 Å². The molecule has 0 spiro atoms. The van der Waals surface area contributed by atoms with E-state index in [2.05, 4.69) is 5.10 Å². The molecule has 0 unspecified atom stereocenters. The third-order valence-corrected chi connectivity index (χ3v) is 0.807. The predicted octanol–water partition coefficient (Wildman–Crippen LogP) is -0.495. The van der Waals surface area contributed by atoms with E-state index in [0.717, 1.165) is 0 Å². The monoisotopic (exact) mass is 128 g/mol. The van der Waals surface area contributed by atoms with Gasteiger partial charge in [0.2, 0.25) is 0 Å². The van der Waals surface area contributed by atoms with Crippen molar-refractivity contribution in [1.82, 2.24) is 9.89 Å². The average molecular weight is 128 g/mol. The molecule has 0 aliphatic carbocycles. The molecular formula is C3H4N4O2. The van der Waals surface area contributed by atoms with Crippen molar-refractivity contribution < 1.29 is 5.03 Å². The number of nitrogens with zero attached hydrogens (tertiary/aromatic N) is 3. The summed E-state index contributed by atoms with van der Waals surface area (Å²) >= 11 is 0. The lowest BCUT2D eigenvalue weighted by molar-refractivity contribution is -0.550. The molecule has 0 bridgehead atoms. The minimum Gasteiger partial charge on any atom is -0.379 e. The van der Waals surface area contributed by atoms with Crippen molar-refractivity contribution in [1.29, 1.82) is 0 Å². The van der Waals surface area contributed by atoms with E-state index in [1.807, 2.05) is 0 Å². The van der Waals surface area contributed by atoms with Crippen LogP contribution in [0, 0.1) is 10.1 Å². The van der Waals surface area contributed by atoms with Crippen LogP contribution in [-0.4, -0.2) is 14.9 Å². The van der Waals surface area contributed by atoms with Crippen LogP contribution in [0.3, 0.4) is 0 Å². The largest absolute Gasteiger partial charge is 0.379 e. The molecule has 1 heterocycles. The highest BCUT2D eigenvalue weighted by Gasteiger charge is 2.04. The first kappa shape index (κ1) is 5.54. The van der Waals surface area contributed by atoms with E-state index in [-0.39, 0.29) is 5.82 Å². The Kier molecular flexibility index (Phi) is 1.07. The van der Waals surface area contributed by atoms with Crippen LogP contribution in [0.2, 0.25) is 0 Å². The van der Waals surface area contributed by atoms with Gasteiger partial charge in [0.15, 0.2) is 12.0 Å². The second-order valence-corrected chi connectivity index (χ2v) is 1.38. The number of nitro groups is 1. The molecule has 0 aliphatic rings. The Bertz CT molecular complexity index is 229. The van der Waals surface area contributed by atoms with Gasteiger partial charge in [-0.2, -0.15) is 0 Å². The number of nitrogen functional groups attached to an aromatic ring is 1. The fraction of sp³-hybridized carbons (Fsp3) is 0. The third kappa shape index (κ3) is 0.809. The quantitative estimate of drug-likeness (QED) is 0.408. The zero-order valence-corrected chi connectivity index (χ0v) is 4.39. The summed E-state index contributed by atoms with van der Waals surface area (Å²) in [6.45, 7) is 0. The van der Waals surface area contributed by atoms with Crippen molar-refractivity contribution in [2.75, 3.05) is 5.73 Å². The fourth-order valence-corrected chi connectivity index (χ4v) is 0.443. The number of anilines is 1. The van der Waals surface area contributed by atoms with Crippen molar-refractivity contribution in [3.8, 4) is 0 Å². The van der Waals surface area contributed by atoms with Gasteiger partial charge < -0.3 is 15.8 Å². The molecule has 1 rings (SSSR count). The lowest BCUT2D eigenvalue weighted by atomic mass is 10.7. The fourth-order valence-electron chi connectivity index (χ4n) is 0.443. The summed E-state index contributed by atoms with van der Waals surface area (Å²) in [5.41, 5.74) is 5.10. The van der Waals surface area contributed by atoms with Crippen LogP contribution in [0.1, 0.15) is 0 Å². The average Bonchev–Trinajstić information content (AvgIpc) is 2.13. The highest BCUT2D eigenvalue weighted by molar-refractivity contribution is 5.24. The molecule has 0 aliphatic heterocycles. The van der Waals surface area contributed by atoms with E-state index in [1.54, 1.807) is 0 Å². The summed E-state index contributed by atoms with van der Waals surface area (Å²) < 4.78 is 0. The summed E-state index contributed by atoms with van der Waals surface area (Å²) in [7, 11) is 0. The highest BCUT2D eigenvalue weighted by atomic mass is 16.7. The summed E-state index contributed by atoms with van der Waals surface area (Å²) in [6, 6.07) is 1.35. The summed E-state index contributed by atoms with van der Waals surface area (Å²) in [6.07, 6.45) is 1.26. The van der Waals surface area contributed by atoms with Gasteiger partial charge in [0.05, 0.1) is 5.03 Å². The normalized spacial score (nSPS) is 9.33. The smallest absolute Gasteiger partial charge is 0.196 e. The number of nitrogens with two attached hydrogens (primary N) is 1. The lowest BCUT2D eigenvalue weighted by Crippen LogP contribution is -2.12. The molecule has 48 valence electrons. The second kappa shape index (κ2) is 1.73. The van der Waals surface area contributed by atoms with Crippen molar-refractivity contribution in [2.24, 2.45) is 0 Å². The first-order valence-electron chi connectivity index (χ1n) is 2.16. The summed E-state index contributed by atoms with van der Waals surface area (Å²) in [4.78, 5) is 10.4. The molecule has 6 heteroatoms. The van der Waals surface area contributed by atoms with E-state index in [1.165, 1.54) is 12.3 Å². The SMILES string of the molecule is Nc1ccnn1[N+](=O)[O-]. The number of hydrogen-bond acceptors (Lipinski definition) is 4. The Morgan fingerprint density at radius 3 is 2.78 bits per heavy atom. The molecule has 1 aromatic heterocycles. The number of rotatable bonds is 1. The van der Waals surface area contributed by atoms with Crippen LogP contribution in [-0.2, 0) is 0 Å². The summed E-state index contributed by atoms with van der Waals surface area (Å²) in [5.74, 6) is 0.0278. The highest BCUT2D eigenvalue weighted by Crippen LogP contribution is 1.96. The zero-order chi connectivity index (χ0) is 6.85. The Labute approximate surface area is 50.0 Å². The molecular weight excluding hydrogens is 124 g/mol. The Morgan fingerprint density at radius 1 is 1.89 bits per heavy atom. The van der Waals surface area contributed by atoms with E-state index in [0.29, 0.717) is 4.79 Å². The second-order valence-electron chi connectivity index (χ2n) is 1.38. The molecule has 0 fully saturated rings. The minimum atomic E-state index is -0.699. The minimum absolute atomic E-state index is 0.0278. The molecule has 0 aromatic carbocycles. The van der Waals surface area contributed by atoms with Gasteiger partial charge in [-0.05, 0) is 0 Å². The first-order valence-corrected chi connectivity index (χ1v) is 2.16.